The molecule has 0 radical (unpaired) electrons. The number of hydrogen-bond acceptors (Lipinski definition) is 2. The monoisotopic (exact) mass is 210 g/mol. The molecule has 0 spiro atoms. The van der Waals surface area contributed by atoms with Gasteiger partial charge in [-0.1, -0.05) is 6.92 Å². The fourth-order valence-electron chi connectivity index (χ4n) is 1.63. The van der Waals surface area contributed by atoms with E-state index in [1.54, 1.807) is 0 Å². The third-order valence-electron chi connectivity index (χ3n) is 3.15. The average Bonchev–Trinajstić information content (AvgIpc) is 3.07. The summed E-state index contributed by atoms with van der Waals surface area (Å²) in [6, 6.07) is 0. The maximum absolute atomic E-state index is 11.4. The number of amides is 2. The Kier molecular flexibility index (Phi) is 2.93. The Hall–Kier alpha value is -1.06. The number of hydrogen-bond donors (Lipinski definition) is 2. The zero-order chi connectivity index (χ0) is 10.8. The topological polar surface area (TPSA) is 58.2 Å². The van der Waals surface area contributed by atoms with Gasteiger partial charge < -0.3 is 10.6 Å². The molecule has 2 rings (SSSR count). The van der Waals surface area contributed by atoms with Gasteiger partial charge in [-0.2, -0.15) is 0 Å². The van der Waals surface area contributed by atoms with Crippen molar-refractivity contribution in [1.82, 2.24) is 10.6 Å². The van der Waals surface area contributed by atoms with Gasteiger partial charge in [-0.3, -0.25) is 9.59 Å². The number of carbonyl (C=O) groups excluding carboxylic acids is 2. The first-order chi connectivity index (χ1) is 7.16. The number of carbonyl (C=O) groups is 2. The molecule has 15 heavy (non-hydrogen) atoms. The second kappa shape index (κ2) is 4.21. The summed E-state index contributed by atoms with van der Waals surface area (Å²) >= 11 is 0. The molecule has 84 valence electrons. The van der Waals surface area contributed by atoms with Gasteiger partial charge in [-0.25, -0.2) is 0 Å². The van der Waals surface area contributed by atoms with E-state index in [-0.39, 0.29) is 24.3 Å². The maximum atomic E-state index is 11.4. The van der Waals surface area contributed by atoms with E-state index in [1.807, 2.05) is 0 Å². The number of nitrogens with one attached hydrogen (secondary N) is 2. The highest BCUT2D eigenvalue weighted by atomic mass is 16.2. The lowest BCUT2D eigenvalue weighted by Crippen LogP contribution is -2.38. The fourth-order valence-corrected chi connectivity index (χ4v) is 1.63. The van der Waals surface area contributed by atoms with Gasteiger partial charge in [0.25, 0.3) is 0 Å². The van der Waals surface area contributed by atoms with Crippen LogP contribution in [0, 0.1) is 17.8 Å². The van der Waals surface area contributed by atoms with E-state index in [9.17, 15) is 9.59 Å². The van der Waals surface area contributed by atoms with Crippen LogP contribution < -0.4 is 10.6 Å². The summed E-state index contributed by atoms with van der Waals surface area (Å²) in [6.07, 6.45) is 3.42. The van der Waals surface area contributed by atoms with Gasteiger partial charge in [0.2, 0.25) is 11.8 Å². The molecule has 2 aliphatic rings. The summed E-state index contributed by atoms with van der Waals surface area (Å²) in [6.45, 7) is 2.96. The Balaban J connectivity index is 1.55. The summed E-state index contributed by atoms with van der Waals surface area (Å²) < 4.78 is 0. The average molecular weight is 210 g/mol. The van der Waals surface area contributed by atoms with Gasteiger partial charge in [0.05, 0.1) is 6.54 Å². The SMILES string of the molecule is C[C@@H]1C[C@H]1C(=O)NCC(=O)NCC1CC1. The summed E-state index contributed by atoms with van der Waals surface area (Å²) in [5.41, 5.74) is 0. The molecule has 2 atom stereocenters. The zero-order valence-electron chi connectivity index (χ0n) is 9.08. The molecular weight excluding hydrogens is 192 g/mol. The molecule has 0 aliphatic heterocycles. The van der Waals surface area contributed by atoms with Crippen molar-refractivity contribution in [3.05, 3.63) is 0 Å². The Bertz CT molecular complexity index is 274. The summed E-state index contributed by atoms with van der Waals surface area (Å²) in [4.78, 5) is 22.7. The maximum Gasteiger partial charge on any atom is 0.239 e. The second-order valence-corrected chi connectivity index (χ2v) is 4.78. The van der Waals surface area contributed by atoms with E-state index >= 15 is 0 Å². The third-order valence-corrected chi connectivity index (χ3v) is 3.15. The summed E-state index contributed by atoms with van der Waals surface area (Å²) in [5, 5.41) is 5.48. The number of rotatable bonds is 5. The van der Waals surface area contributed by atoms with Crippen molar-refractivity contribution in [3.8, 4) is 0 Å². The predicted octanol–water partition coefficient (Wildman–Crippen LogP) is 0.285. The van der Waals surface area contributed by atoms with Crippen LogP contribution >= 0.6 is 0 Å². The van der Waals surface area contributed by atoms with Crippen LogP contribution in [0.15, 0.2) is 0 Å². The van der Waals surface area contributed by atoms with Crippen molar-refractivity contribution in [1.29, 1.82) is 0 Å². The molecule has 0 unspecified atom stereocenters. The Morgan fingerprint density at radius 3 is 2.47 bits per heavy atom. The lowest BCUT2D eigenvalue weighted by atomic mass is 10.3. The van der Waals surface area contributed by atoms with Crippen LogP contribution in [0.3, 0.4) is 0 Å². The lowest BCUT2D eigenvalue weighted by molar-refractivity contribution is -0.127. The summed E-state index contributed by atoms with van der Waals surface area (Å²) in [5.74, 6) is 1.31. The normalized spacial score (nSPS) is 28.3. The molecule has 0 aromatic rings. The van der Waals surface area contributed by atoms with Crippen LogP contribution in [0.1, 0.15) is 26.2 Å². The lowest BCUT2D eigenvalue weighted by Gasteiger charge is -2.05. The van der Waals surface area contributed by atoms with E-state index < -0.39 is 0 Å². The van der Waals surface area contributed by atoms with E-state index in [0.29, 0.717) is 11.8 Å². The molecule has 0 aromatic carbocycles. The summed E-state index contributed by atoms with van der Waals surface area (Å²) in [7, 11) is 0. The van der Waals surface area contributed by atoms with Gasteiger partial charge in [0.1, 0.15) is 0 Å². The van der Waals surface area contributed by atoms with Crippen molar-refractivity contribution >= 4 is 11.8 Å². The predicted molar refractivity (Wildman–Crippen MR) is 56.0 cm³/mol. The minimum Gasteiger partial charge on any atom is -0.354 e. The first-order valence-electron chi connectivity index (χ1n) is 5.71. The molecule has 0 heterocycles. The van der Waals surface area contributed by atoms with Crippen molar-refractivity contribution < 1.29 is 9.59 Å². The van der Waals surface area contributed by atoms with Crippen molar-refractivity contribution in [2.24, 2.45) is 17.8 Å². The van der Waals surface area contributed by atoms with Gasteiger partial charge >= 0.3 is 0 Å². The molecular formula is C11H18N2O2. The minimum atomic E-state index is -0.0662. The smallest absolute Gasteiger partial charge is 0.239 e. The highest BCUT2D eigenvalue weighted by Crippen LogP contribution is 2.37. The first kappa shape index (κ1) is 10.5. The van der Waals surface area contributed by atoms with Gasteiger partial charge in [-0.05, 0) is 31.1 Å². The van der Waals surface area contributed by atoms with Crippen molar-refractivity contribution in [2.75, 3.05) is 13.1 Å². The van der Waals surface area contributed by atoms with Crippen LogP contribution in [0.4, 0.5) is 0 Å². The van der Waals surface area contributed by atoms with E-state index in [1.165, 1.54) is 12.8 Å². The highest BCUT2D eigenvalue weighted by molar-refractivity contribution is 5.87. The first-order valence-corrected chi connectivity index (χ1v) is 5.71. The van der Waals surface area contributed by atoms with Crippen LogP contribution in [0.25, 0.3) is 0 Å². The second-order valence-electron chi connectivity index (χ2n) is 4.78. The van der Waals surface area contributed by atoms with Crippen LogP contribution in [-0.2, 0) is 9.59 Å². The molecule has 0 aromatic heterocycles. The van der Waals surface area contributed by atoms with Crippen molar-refractivity contribution in [3.63, 3.8) is 0 Å². The Morgan fingerprint density at radius 1 is 1.27 bits per heavy atom. The van der Waals surface area contributed by atoms with E-state index in [0.717, 1.165) is 13.0 Å². The molecule has 0 saturated heterocycles. The van der Waals surface area contributed by atoms with E-state index in [4.69, 9.17) is 0 Å². The van der Waals surface area contributed by atoms with Gasteiger partial charge in [0.15, 0.2) is 0 Å². The van der Waals surface area contributed by atoms with Crippen LogP contribution in [0.2, 0.25) is 0 Å². The molecule has 2 aliphatic carbocycles. The molecule has 2 N–H and O–H groups in total. The molecule has 0 bridgehead atoms. The quantitative estimate of drug-likeness (QED) is 0.685. The highest BCUT2D eigenvalue weighted by Gasteiger charge is 2.38. The largest absolute Gasteiger partial charge is 0.354 e. The minimum absolute atomic E-state index is 0.0315. The van der Waals surface area contributed by atoms with Crippen molar-refractivity contribution in [2.45, 2.75) is 26.2 Å². The molecule has 4 nitrogen and oxygen atoms in total. The van der Waals surface area contributed by atoms with Gasteiger partial charge in [-0.15, -0.1) is 0 Å². The molecule has 2 saturated carbocycles. The Labute approximate surface area is 89.8 Å². The molecule has 2 amide bonds. The molecule has 4 heteroatoms. The standard InChI is InChI=1S/C11H18N2O2/c1-7-4-9(7)11(15)13-6-10(14)12-5-8-2-3-8/h7-9H,2-6H2,1H3,(H,12,14)(H,13,15)/t7-,9-/m1/s1. The fraction of sp³-hybridized carbons (Fsp3) is 0.818. The van der Waals surface area contributed by atoms with Crippen LogP contribution in [-0.4, -0.2) is 24.9 Å². The van der Waals surface area contributed by atoms with Crippen LogP contribution in [0.5, 0.6) is 0 Å². The third kappa shape index (κ3) is 3.22. The Morgan fingerprint density at radius 2 is 1.93 bits per heavy atom. The van der Waals surface area contributed by atoms with Gasteiger partial charge in [0, 0.05) is 12.5 Å². The molecule has 2 fully saturated rings. The van der Waals surface area contributed by atoms with E-state index in [2.05, 4.69) is 17.6 Å². The zero-order valence-corrected chi connectivity index (χ0v) is 9.08.